The standard InChI is InChI=1S/C11H12BrF2NO/c12-10-8(16)5-6(13)9(11(10)14)7-3-1-2-4-15-7/h5,7,15-16H,1-4H2. The van der Waals surface area contributed by atoms with Gasteiger partial charge in [0.1, 0.15) is 17.4 Å². The average molecular weight is 292 g/mol. The van der Waals surface area contributed by atoms with Gasteiger partial charge in [0, 0.05) is 17.7 Å². The lowest BCUT2D eigenvalue weighted by Crippen LogP contribution is -2.28. The summed E-state index contributed by atoms with van der Waals surface area (Å²) < 4.78 is 27.4. The summed E-state index contributed by atoms with van der Waals surface area (Å²) in [5.41, 5.74) is 0.0179. The molecule has 1 fully saturated rings. The fourth-order valence-electron chi connectivity index (χ4n) is 2.01. The third kappa shape index (κ3) is 2.06. The zero-order valence-corrected chi connectivity index (χ0v) is 10.2. The van der Waals surface area contributed by atoms with Gasteiger partial charge in [-0.3, -0.25) is 0 Å². The summed E-state index contributed by atoms with van der Waals surface area (Å²) in [5, 5.41) is 12.3. The molecule has 0 amide bonds. The van der Waals surface area contributed by atoms with Crippen LogP contribution in [-0.2, 0) is 0 Å². The molecule has 0 bridgehead atoms. The van der Waals surface area contributed by atoms with Gasteiger partial charge in [0.05, 0.1) is 4.47 Å². The van der Waals surface area contributed by atoms with Gasteiger partial charge in [-0.1, -0.05) is 6.42 Å². The number of rotatable bonds is 1. The Labute approximate surface area is 101 Å². The van der Waals surface area contributed by atoms with E-state index in [4.69, 9.17) is 0 Å². The van der Waals surface area contributed by atoms with Crippen molar-refractivity contribution in [1.82, 2.24) is 5.32 Å². The normalized spacial score (nSPS) is 21.1. The highest BCUT2D eigenvalue weighted by Crippen LogP contribution is 2.36. The van der Waals surface area contributed by atoms with Crippen molar-refractivity contribution in [3.63, 3.8) is 0 Å². The maximum atomic E-state index is 13.8. The largest absolute Gasteiger partial charge is 0.507 e. The van der Waals surface area contributed by atoms with Gasteiger partial charge >= 0.3 is 0 Å². The zero-order valence-electron chi connectivity index (χ0n) is 8.56. The highest BCUT2D eigenvalue weighted by Gasteiger charge is 2.25. The van der Waals surface area contributed by atoms with Gasteiger partial charge in [0.15, 0.2) is 0 Å². The summed E-state index contributed by atoms with van der Waals surface area (Å²) >= 11 is 2.91. The minimum Gasteiger partial charge on any atom is -0.507 e. The lowest BCUT2D eigenvalue weighted by Gasteiger charge is -2.25. The second-order valence-electron chi connectivity index (χ2n) is 3.92. The van der Waals surface area contributed by atoms with Crippen molar-refractivity contribution in [2.24, 2.45) is 0 Å². The summed E-state index contributed by atoms with van der Waals surface area (Å²) in [6.07, 6.45) is 2.69. The predicted octanol–water partition coefficient (Wildman–Crippen LogP) is 3.25. The number of benzene rings is 1. The number of phenols is 1. The quantitative estimate of drug-likeness (QED) is 0.779. The third-order valence-electron chi connectivity index (χ3n) is 2.83. The molecular formula is C11H12BrF2NO. The second kappa shape index (κ2) is 4.67. The lowest BCUT2D eigenvalue weighted by atomic mass is 9.96. The van der Waals surface area contributed by atoms with Crippen LogP contribution in [0, 0.1) is 11.6 Å². The summed E-state index contributed by atoms with van der Waals surface area (Å²) in [4.78, 5) is 0. The van der Waals surface area contributed by atoms with Gasteiger partial charge in [0.2, 0.25) is 0 Å². The molecule has 1 unspecified atom stereocenters. The number of phenolic OH excluding ortho intramolecular Hbond substituents is 1. The number of aromatic hydroxyl groups is 1. The monoisotopic (exact) mass is 291 g/mol. The summed E-state index contributed by atoms with van der Waals surface area (Å²) in [6.45, 7) is 0.766. The molecule has 0 aliphatic carbocycles. The Morgan fingerprint density at radius 1 is 1.38 bits per heavy atom. The molecule has 5 heteroatoms. The van der Waals surface area contributed by atoms with E-state index >= 15 is 0 Å². The molecule has 1 heterocycles. The molecule has 0 radical (unpaired) electrons. The van der Waals surface area contributed by atoms with Gasteiger partial charge in [-0.15, -0.1) is 0 Å². The Balaban J connectivity index is 2.42. The number of hydrogen-bond donors (Lipinski definition) is 2. The van der Waals surface area contributed by atoms with Crippen LogP contribution in [0.15, 0.2) is 10.5 Å². The number of piperidine rings is 1. The molecule has 0 aromatic heterocycles. The fourth-order valence-corrected chi connectivity index (χ4v) is 2.34. The molecule has 88 valence electrons. The summed E-state index contributed by atoms with van der Waals surface area (Å²) in [6, 6.07) is 0.643. The van der Waals surface area contributed by atoms with Crippen molar-refractivity contribution >= 4 is 15.9 Å². The first-order valence-corrected chi connectivity index (χ1v) is 6.00. The van der Waals surface area contributed by atoms with Crippen molar-refractivity contribution < 1.29 is 13.9 Å². The van der Waals surface area contributed by atoms with Gasteiger partial charge in [-0.2, -0.15) is 0 Å². The minimum atomic E-state index is -0.711. The number of hydrogen-bond acceptors (Lipinski definition) is 2. The van der Waals surface area contributed by atoms with E-state index in [0.717, 1.165) is 25.5 Å². The van der Waals surface area contributed by atoms with Crippen molar-refractivity contribution in [3.05, 3.63) is 27.7 Å². The topological polar surface area (TPSA) is 32.3 Å². The maximum Gasteiger partial charge on any atom is 0.148 e. The van der Waals surface area contributed by atoms with Crippen LogP contribution in [-0.4, -0.2) is 11.7 Å². The first kappa shape index (κ1) is 11.8. The molecule has 1 atom stereocenters. The van der Waals surface area contributed by atoms with Crippen LogP contribution in [0.3, 0.4) is 0 Å². The first-order valence-electron chi connectivity index (χ1n) is 5.21. The summed E-state index contributed by atoms with van der Waals surface area (Å²) in [7, 11) is 0. The van der Waals surface area contributed by atoms with E-state index in [0.29, 0.717) is 6.42 Å². The second-order valence-corrected chi connectivity index (χ2v) is 4.71. The van der Waals surface area contributed by atoms with Gasteiger partial charge in [-0.05, 0) is 35.3 Å². The van der Waals surface area contributed by atoms with Crippen molar-refractivity contribution in [1.29, 1.82) is 0 Å². The number of halogens is 3. The van der Waals surface area contributed by atoms with E-state index in [1.54, 1.807) is 0 Å². The van der Waals surface area contributed by atoms with Crippen LogP contribution in [0.4, 0.5) is 8.78 Å². The van der Waals surface area contributed by atoms with E-state index in [1.807, 2.05) is 0 Å². The van der Waals surface area contributed by atoms with Crippen molar-refractivity contribution in [2.75, 3.05) is 6.54 Å². The lowest BCUT2D eigenvalue weighted by molar-refractivity contribution is 0.379. The molecular weight excluding hydrogens is 280 g/mol. The van der Waals surface area contributed by atoms with Crippen LogP contribution < -0.4 is 5.32 Å². The van der Waals surface area contributed by atoms with E-state index in [2.05, 4.69) is 21.2 Å². The van der Waals surface area contributed by atoms with Crippen LogP contribution in [0.25, 0.3) is 0 Å². The average Bonchev–Trinajstić information content (AvgIpc) is 2.28. The molecule has 1 aliphatic rings. The Kier molecular flexibility index (Phi) is 3.44. The van der Waals surface area contributed by atoms with E-state index in [-0.39, 0.29) is 16.1 Å². The van der Waals surface area contributed by atoms with Crippen LogP contribution in [0.1, 0.15) is 30.9 Å². The van der Waals surface area contributed by atoms with Gasteiger partial charge < -0.3 is 10.4 Å². The van der Waals surface area contributed by atoms with Crippen molar-refractivity contribution in [3.8, 4) is 5.75 Å². The Bertz CT molecular complexity index is 405. The zero-order chi connectivity index (χ0) is 11.7. The van der Waals surface area contributed by atoms with Gasteiger partial charge in [0.25, 0.3) is 0 Å². The van der Waals surface area contributed by atoms with E-state index in [9.17, 15) is 13.9 Å². The van der Waals surface area contributed by atoms with Gasteiger partial charge in [-0.25, -0.2) is 8.78 Å². The van der Waals surface area contributed by atoms with Crippen molar-refractivity contribution in [2.45, 2.75) is 25.3 Å². The molecule has 0 saturated carbocycles. The first-order chi connectivity index (χ1) is 7.61. The highest BCUT2D eigenvalue weighted by molar-refractivity contribution is 9.10. The summed E-state index contributed by atoms with van der Waals surface area (Å²) in [5.74, 6) is -1.82. The third-order valence-corrected chi connectivity index (χ3v) is 3.59. The molecule has 0 spiro atoms. The maximum absolute atomic E-state index is 13.8. The van der Waals surface area contributed by atoms with Crippen LogP contribution in [0.2, 0.25) is 0 Å². The smallest absolute Gasteiger partial charge is 0.148 e. The Morgan fingerprint density at radius 2 is 2.12 bits per heavy atom. The molecule has 2 rings (SSSR count). The van der Waals surface area contributed by atoms with Crippen LogP contribution >= 0.6 is 15.9 Å². The fraction of sp³-hybridized carbons (Fsp3) is 0.455. The molecule has 16 heavy (non-hydrogen) atoms. The molecule has 1 aromatic rings. The Morgan fingerprint density at radius 3 is 2.75 bits per heavy atom. The van der Waals surface area contributed by atoms with E-state index < -0.39 is 17.4 Å². The molecule has 1 aromatic carbocycles. The molecule has 1 saturated heterocycles. The molecule has 2 nitrogen and oxygen atoms in total. The highest BCUT2D eigenvalue weighted by atomic mass is 79.9. The SMILES string of the molecule is Oc1cc(F)c(C2CCCCN2)c(F)c1Br. The minimum absolute atomic E-state index is 0.0179. The molecule has 1 aliphatic heterocycles. The Hall–Kier alpha value is -0.680. The predicted molar refractivity (Wildman–Crippen MR) is 60.3 cm³/mol. The van der Waals surface area contributed by atoms with E-state index in [1.165, 1.54) is 0 Å². The molecule has 2 N–H and O–H groups in total. The number of nitrogens with one attached hydrogen (secondary N) is 1. The van der Waals surface area contributed by atoms with Crippen LogP contribution in [0.5, 0.6) is 5.75 Å².